The molecule has 1 saturated carbocycles. The summed E-state index contributed by atoms with van der Waals surface area (Å²) in [5.74, 6) is -0.381. The number of amides is 1. The molecule has 2 aromatic carbocycles. The van der Waals surface area contributed by atoms with Gasteiger partial charge < -0.3 is 15.2 Å². The second-order valence-corrected chi connectivity index (χ2v) is 7.03. The minimum atomic E-state index is -0.794. The molecule has 0 aliphatic heterocycles. The third-order valence-corrected chi connectivity index (χ3v) is 4.92. The van der Waals surface area contributed by atoms with Crippen molar-refractivity contribution in [1.82, 2.24) is 5.32 Å². The van der Waals surface area contributed by atoms with Crippen molar-refractivity contribution in [1.29, 1.82) is 0 Å². The second-order valence-electron chi connectivity index (χ2n) is 6.59. The molecule has 3 rings (SSSR count). The predicted molar refractivity (Wildman–Crippen MR) is 98.2 cm³/mol. The largest absolute Gasteiger partial charge is 0.505 e. The van der Waals surface area contributed by atoms with Gasteiger partial charge in [0.25, 0.3) is 5.91 Å². The first-order valence-electron chi connectivity index (χ1n) is 8.70. The van der Waals surface area contributed by atoms with Crippen molar-refractivity contribution in [3.8, 4) is 11.5 Å². The van der Waals surface area contributed by atoms with E-state index in [1.165, 1.54) is 12.1 Å². The normalized spacial score (nSPS) is 19.8. The molecule has 0 aromatic heterocycles. The lowest BCUT2D eigenvalue weighted by molar-refractivity contribution is 0.0928. The molecule has 0 bridgehead atoms. The summed E-state index contributed by atoms with van der Waals surface area (Å²) in [4.78, 5) is 12.1. The van der Waals surface area contributed by atoms with Crippen LogP contribution in [0.1, 0.15) is 36.0 Å². The highest BCUT2D eigenvalue weighted by Gasteiger charge is 2.23. The first-order valence-corrected chi connectivity index (χ1v) is 9.08. The Morgan fingerprint density at radius 3 is 2.50 bits per heavy atom. The second kappa shape index (κ2) is 8.41. The maximum Gasteiger partial charge on any atom is 0.251 e. The van der Waals surface area contributed by atoms with Crippen molar-refractivity contribution in [2.75, 3.05) is 6.54 Å². The van der Waals surface area contributed by atoms with Gasteiger partial charge in [-0.25, -0.2) is 4.39 Å². The fourth-order valence-electron chi connectivity index (χ4n) is 3.15. The lowest BCUT2D eigenvalue weighted by atomic mass is 9.87. The Morgan fingerprint density at radius 2 is 1.85 bits per heavy atom. The highest BCUT2D eigenvalue weighted by molar-refractivity contribution is 6.30. The molecular formula is C20H21ClFNO3. The fraction of sp³-hybridized carbons (Fsp3) is 0.350. The maximum atomic E-state index is 13.3. The molecule has 0 atom stereocenters. The third kappa shape index (κ3) is 4.88. The molecule has 0 saturated heterocycles. The van der Waals surface area contributed by atoms with Crippen LogP contribution in [0.3, 0.4) is 0 Å². The van der Waals surface area contributed by atoms with Crippen LogP contribution in [-0.4, -0.2) is 23.7 Å². The Bertz CT molecular complexity index is 758. The van der Waals surface area contributed by atoms with Crippen LogP contribution in [0.15, 0.2) is 42.5 Å². The van der Waals surface area contributed by atoms with E-state index in [-0.39, 0.29) is 17.6 Å². The average Bonchev–Trinajstić information content (AvgIpc) is 2.65. The Hall–Kier alpha value is -2.27. The third-order valence-electron chi connectivity index (χ3n) is 4.67. The number of phenolic OH excluding ortho intramolecular Hbond substituents is 1. The van der Waals surface area contributed by atoms with E-state index in [0.717, 1.165) is 37.5 Å². The van der Waals surface area contributed by atoms with Gasteiger partial charge in [0.05, 0.1) is 6.10 Å². The lowest BCUT2D eigenvalue weighted by Gasteiger charge is -2.29. The molecule has 1 aliphatic carbocycles. The number of halogens is 2. The smallest absolute Gasteiger partial charge is 0.251 e. The maximum absolute atomic E-state index is 13.3. The van der Waals surface area contributed by atoms with Crippen LogP contribution in [-0.2, 0) is 0 Å². The fourth-order valence-corrected chi connectivity index (χ4v) is 3.27. The van der Waals surface area contributed by atoms with Gasteiger partial charge in [-0.15, -0.1) is 0 Å². The SMILES string of the molecule is O=C(NC[C@H]1CC[C@H](Oc2ccc(Cl)cc2)CC1)c1ccc(O)c(F)c1. The molecule has 2 N–H and O–H groups in total. The summed E-state index contributed by atoms with van der Waals surface area (Å²) in [7, 11) is 0. The Labute approximate surface area is 156 Å². The summed E-state index contributed by atoms with van der Waals surface area (Å²) in [6.45, 7) is 0.551. The van der Waals surface area contributed by atoms with Gasteiger partial charge in [0, 0.05) is 17.1 Å². The molecule has 1 fully saturated rings. The van der Waals surface area contributed by atoms with Crippen LogP contribution < -0.4 is 10.1 Å². The molecule has 1 aliphatic rings. The van der Waals surface area contributed by atoms with E-state index in [4.69, 9.17) is 16.3 Å². The first kappa shape index (κ1) is 18.5. The topological polar surface area (TPSA) is 58.6 Å². The number of hydrogen-bond donors (Lipinski definition) is 2. The molecule has 0 unspecified atom stereocenters. The van der Waals surface area contributed by atoms with E-state index in [1.54, 1.807) is 0 Å². The van der Waals surface area contributed by atoms with Crippen LogP contribution in [0.5, 0.6) is 11.5 Å². The Kier molecular flexibility index (Phi) is 5.99. The Morgan fingerprint density at radius 1 is 1.15 bits per heavy atom. The highest BCUT2D eigenvalue weighted by Crippen LogP contribution is 2.28. The zero-order chi connectivity index (χ0) is 18.5. The molecule has 138 valence electrons. The minimum absolute atomic E-state index is 0.175. The van der Waals surface area contributed by atoms with E-state index in [2.05, 4.69) is 5.32 Å². The molecule has 0 heterocycles. The van der Waals surface area contributed by atoms with E-state index < -0.39 is 11.6 Å². The quantitative estimate of drug-likeness (QED) is 0.803. The average molecular weight is 378 g/mol. The number of ether oxygens (including phenoxy) is 1. The zero-order valence-electron chi connectivity index (χ0n) is 14.3. The van der Waals surface area contributed by atoms with Gasteiger partial charge in [0.1, 0.15) is 5.75 Å². The molecule has 1 amide bonds. The van der Waals surface area contributed by atoms with E-state index in [1.807, 2.05) is 24.3 Å². The van der Waals surface area contributed by atoms with Gasteiger partial charge in [-0.1, -0.05) is 11.6 Å². The minimum Gasteiger partial charge on any atom is -0.505 e. The molecule has 6 heteroatoms. The number of carbonyl (C=O) groups excluding carboxylic acids is 1. The number of phenols is 1. The summed E-state index contributed by atoms with van der Waals surface area (Å²) in [6, 6.07) is 11.0. The number of nitrogens with one attached hydrogen (secondary N) is 1. The van der Waals surface area contributed by atoms with E-state index in [0.29, 0.717) is 17.5 Å². The predicted octanol–water partition coefficient (Wildman–Crippen LogP) is 4.55. The van der Waals surface area contributed by atoms with E-state index >= 15 is 0 Å². The molecule has 4 nitrogen and oxygen atoms in total. The summed E-state index contributed by atoms with van der Waals surface area (Å²) in [5.41, 5.74) is 0.208. The van der Waals surface area contributed by atoms with Gasteiger partial charge in [0.15, 0.2) is 11.6 Å². The summed E-state index contributed by atoms with van der Waals surface area (Å²) in [5, 5.41) is 12.7. The number of hydrogen-bond acceptors (Lipinski definition) is 3. The standard InChI is InChI=1S/C20H21ClFNO3/c21-15-4-8-17(9-5-15)26-16-6-1-13(2-7-16)12-23-20(25)14-3-10-19(24)18(22)11-14/h3-5,8-11,13,16,24H,1-2,6-7,12H2,(H,23,25)/t13-,16-. The number of aromatic hydroxyl groups is 1. The summed E-state index contributed by atoms with van der Waals surface area (Å²) < 4.78 is 19.3. The van der Waals surface area contributed by atoms with Crippen LogP contribution >= 0.6 is 11.6 Å². The van der Waals surface area contributed by atoms with Gasteiger partial charge in [-0.2, -0.15) is 0 Å². The van der Waals surface area contributed by atoms with Crippen LogP contribution in [0.4, 0.5) is 4.39 Å². The van der Waals surface area contributed by atoms with Crippen molar-refractivity contribution in [3.05, 3.63) is 58.9 Å². The number of carbonyl (C=O) groups is 1. The molecule has 2 aromatic rings. The lowest BCUT2D eigenvalue weighted by Crippen LogP contribution is -2.33. The van der Waals surface area contributed by atoms with Gasteiger partial charge >= 0.3 is 0 Å². The molecular weight excluding hydrogens is 357 g/mol. The van der Waals surface area contributed by atoms with Gasteiger partial charge in [0.2, 0.25) is 0 Å². The summed E-state index contributed by atoms with van der Waals surface area (Å²) >= 11 is 5.87. The van der Waals surface area contributed by atoms with Crippen LogP contribution in [0.2, 0.25) is 5.02 Å². The van der Waals surface area contributed by atoms with Crippen molar-refractivity contribution in [2.45, 2.75) is 31.8 Å². The first-order chi connectivity index (χ1) is 12.5. The van der Waals surface area contributed by atoms with Gasteiger partial charge in [-0.3, -0.25) is 4.79 Å². The van der Waals surface area contributed by atoms with Crippen molar-refractivity contribution in [3.63, 3.8) is 0 Å². The number of benzene rings is 2. The van der Waals surface area contributed by atoms with Gasteiger partial charge in [-0.05, 0) is 74.1 Å². The van der Waals surface area contributed by atoms with Crippen molar-refractivity contribution >= 4 is 17.5 Å². The van der Waals surface area contributed by atoms with E-state index in [9.17, 15) is 14.3 Å². The Balaban J connectivity index is 1.43. The van der Waals surface area contributed by atoms with Crippen molar-refractivity contribution < 1.29 is 19.0 Å². The summed E-state index contributed by atoms with van der Waals surface area (Å²) in [6.07, 6.45) is 3.95. The molecule has 26 heavy (non-hydrogen) atoms. The van der Waals surface area contributed by atoms with Crippen LogP contribution in [0, 0.1) is 11.7 Å². The highest BCUT2D eigenvalue weighted by atomic mass is 35.5. The van der Waals surface area contributed by atoms with Crippen molar-refractivity contribution in [2.24, 2.45) is 5.92 Å². The molecule has 0 radical (unpaired) electrons. The molecule has 0 spiro atoms. The monoisotopic (exact) mass is 377 g/mol. The number of rotatable bonds is 5. The van der Waals surface area contributed by atoms with Crippen LogP contribution in [0.25, 0.3) is 0 Å². The zero-order valence-corrected chi connectivity index (χ0v) is 15.0.